The van der Waals surface area contributed by atoms with Gasteiger partial charge < -0.3 is 5.73 Å². The summed E-state index contributed by atoms with van der Waals surface area (Å²) in [6, 6.07) is 10.3. The highest BCUT2D eigenvalue weighted by molar-refractivity contribution is 5.35. The van der Waals surface area contributed by atoms with E-state index in [2.05, 4.69) is 44.0 Å². The minimum atomic E-state index is -0.145. The molecule has 0 aliphatic carbocycles. The van der Waals surface area contributed by atoms with Crippen molar-refractivity contribution in [3.63, 3.8) is 0 Å². The molecule has 1 unspecified atom stereocenters. The van der Waals surface area contributed by atoms with Gasteiger partial charge in [-0.05, 0) is 44.0 Å². The molecular formula is C15H18N2. The number of hydrogen-bond donors (Lipinski definition) is 1. The van der Waals surface area contributed by atoms with Gasteiger partial charge in [0.25, 0.3) is 0 Å². The molecule has 88 valence electrons. The van der Waals surface area contributed by atoms with Gasteiger partial charge in [-0.1, -0.05) is 29.3 Å². The van der Waals surface area contributed by atoms with Crippen LogP contribution in [-0.2, 0) is 0 Å². The Labute approximate surface area is 103 Å². The molecule has 1 aromatic heterocycles. The maximum absolute atomic E-state index is 6.26. The number of benzene rings is 1. The molecule has 0 spiro atoms. The van der Waals surface area contributed by atoms with Crippen molar-refractivity contribution in [2.45, 2.75) is 26.8 Å². The van der Waals surface area contributed by atoms with E-state index in [9.17, 15) is 0 Å². The van der Waals surface area contributed by atoms with Crippen LogP contribution in [0, 0.1) is 20.8 Å². The summed E-state index contributed by atoms with van der Waals surface area (Å²) in [7, 11) is 0. The van der Waals surface area contributed by atoms with Crippen LogP contribution in [0.2, 0.25) is 0 Å². The van der Waals surface area contributed by atoms with Gasteiger partial charge in [0, 0.05) is 6.20 Å². The Morgan fingerprint density at radius 2 is 1.59 bits per heavy atom. The first-order valence-corrected chi connectivity index (χ1v) is 5.82. The second-order valence-corrected chi connectivity index (χ2v) is 4.66. The van der Waals surface area contributed by atoms with Gasteiger partial charge in [-0.3, -0.25) is 4.98 Å². The fourth-order valence-electron chi connectivity index (χ4n) is 2.09. The van der Waals surface area contributed by atoms with E-state index in [4.69, 9.17) is 5.73 Å². The average molecular weight is 226 g/mol. The van der Waals surface area contributed by atoms with E-state index in [1.54, 1.807) is 0 Å². The molecule has 2 heteroatoms. The molecule has 0 aliphatic heterocycles. The number of pyridine rings is 1. The Morgan fingerprint density at radius 3 is 2.18 bits per heavy atom. The third-order valence-electron chi connectivity index (χ3n) is 2.86. The molecule has 0 aliphatic rings. The van der Waals surface area contributed by atoms with E-state index < -0.39 is 0 Å². The first-order valence-electron chi connectivity index (χ1n) is 5.82. The molecule has 1 heterocycles. The van der Waals surface area contributed by atoms with Crippen molar-refractivity contribution in [2.24, 2.45) is 5.73 Å². The summed E-state index contributed by atoms with van der Waals surface area (Å²) in [6.07, 6.45) is 1.81. The SMILES string of the molecule is Cc1cc(C)cc(C(N)c2cc(C)ccn2)c1. The minimum Gasteiger partial charge on any atom is -0.319 e. The van der Waals surface area contributed by atoms with Crippen molar-refractivity contribution in [2.75, 3.05) is 0 Å². The fraction of sp³-hybridized carbons (Fsp3) is 0.267. The van der Waals surface area contributed by atoms with Gasteiger partial charge in [0.05, 0.1) is 11.7 Å². The van der Waals surface area contributed by atoms with Crippen LogP contribution >= 0.6 is 0 Å². The molecule has 1 aromatic carbocycles. The summed E-state index contributed by atoms with van der Waals surface area (Å²) in [5.41, 5.74) is 12.0. The Hall–Kier alpha value is -1.67. The molecule has 0 bridgehead atoms. The van der Waals surface area contributed by atoms with Gasteiger partial charge in [-0.2, -0.15) is 0 Å². The van der Waals surface area contributed by atoms with Gasteiger partial charge in [0.1, 0.15) is 0 Å². The van der Waals surface area contributed by atoms with E-state index in [0.717, 1.165) is 11.3 Å². The first-order chi connectivity index (χ1) is 8.06. The monoisotopic (exact) mass is 226 g/mol. The van der Waals surface area contributed by atoms with Gasteiger partial charge in [-0.25, -0.2) is 0 Å². The normalized spacial score (nSPS) is 12.5. The zero-order valence-corrected chi connectivity index (χ0v) is 10.6. The Balaban J connectivity index is 2.39. The topological polar surface area (TPSA) is 38.9 Å². The highest BCUT2D eigenvalue weighted by Crippen LogP contribution is 2.20. The van der Waals surface area contributed by atoms with Crippen molar-refractivity contribution >= 4 is 0 Å². The van der Waals surface area contributed by atoms with Crippen LogP contribution in [0.4, 0.5) is 0 Å². The Kier molecular flexibility index (Phi) is 3.25. The lowest BCUT2D eigenvalue weighted by Gasteiger charge is -2.13. The standard InChI is InChI=1S/C15H18N2/c1-10-4-5-17-14(9-10)15(16)13-7-11(2)6-12(3)8-13/h4-9,15H,16H2,1-3H3. The van der Waals surface area contributed by atoms with Crippen LogP contribution in [0.5, 0.6) is 0 Å². The van der Waals surface area contributed by atoms with Crippen LogP contribution in [-0.4, -0.2) is 4.98 Å². The smallest absolute Gasteiger partial charge is 0.0726 e. The van der Waals surface area contributed by atoms with Crippen LogP contribution in [0.25, 0.3) is 0 Å². The largest absolute Gasteiger partial charge is 0.319 e. The molecule has 0 radical (unpaired) electrons. The van der Waals surface area contributed by atoms with Crippen molar-refractivity contribution in [3.8, 4) is 0 Å². The lowest BCUT2D eigenvalue weighted by molar-refractivity contribution is 0.824. The summed E-state index contributed by atoms with van der Waals surface area (Å²) in [5, 5.41) is 0. The number of nitrogens with zero attached hydrogens (tertiary/aromatic N) is 1. The van der Waals surface area contributed by atoms with Crippen molar-refractivity contribution in [1.29, 1.82) is 0 Å². The highest BCUT2D eigenvalue weighted by Gasteiger charge is 2.10. The number of aryl methyl sites for hydroxylation is 3. The van der Waals surface area contributed by atoms with Crippen molar-refractivity contribution < 1.29 is 0 Å². The second kappa shape index (κ2) is 4.68. The maximum Gasteiger partial charge on any atom is 0.0726 e. The number of rotatable bonds is 2. The third-order valence-corrected chi connectivity index (χ3v) is 2.86. The van der Waals surface area contributed by atoms with E-state index in [-0.39, 0.29) is 6.04 Å². The number of hydrogen-bond acceptors (Lipinski definition) is 2. The average Bonchev–Trinajstić information content (AvgIpc) is 2.26. The molecule has 2 aromatic rings. The van der Waals surface area contributed by atoms with E-state index in [1.165, 1.54) is 16.7 Å². The molecule has 2 rings (SSSR count). The number of nitrogens with two attached hydrogens (primary N) is 1. The van der Waals surface area contributed by atoms with Gasteiger partial charge >= 0.3 is 0 Å². The summed E-state index contributed by atoms with van der Waals surface area (Å²) in [6.45, 7) is 6.24. The predicted octanol–water partition coefficient (Wildman–Crippen LogP) is 3.05. The van der Waals surface area contributed by atoms with E-state index >= 15 is 0 Å². The lowest BCUT2D eigenvalue weighted by Crippen LogP contribution is -2.14. The zero-order chi connectivity index (χ0) is 12.4. The van der Waals surface area contributed by atoms with Crippen LogP contribution in [0.3, 0.4) is 0 Å². The van der Waals surface area contributed by atoms with Gasteiger partial charge in [0.15, 0.2) is 0 Å². The van der Waals surface area contributed by atoms with Crippen LogP contribution in [0.1, 0.15) is 34.0 Å². The molecule has 17 heavy (non-hydrogen) atoms. The minimum absolute atomic E-state index is 0.145. The van der Waals surface area contributed by atoms with Crippen LogP contribution < -0.4 is 5.73 Å². The summed E-state index contributed by atoms with van der Waals surface area (Å²) >= 11 is 0. The summed E-state index contributed by atoms with van der Waals surface area (Å²) in [4.78, 5) is 4.35. The van der Waals surface area contributed by atoms with E-state index in [0.29, 0.717) is 0 Å². The Morgan fingerprint density at radius 1 is 0.941 bits per heavy atom. The molecule has 2 N–H and O–H groups in total. The molecule has 2 nitrogen and oxygen atoms in total. The van der Waals surface area contributed by atoms with Crippen molar-refractivity contribution in [1.82, 2.24) is 4.98 Å². The summed E-state index contributed by atoms with van der Waals surface area (Å²) in [5.74, 6) is 0. The van der Waals surface area contributed by atoms with Gasteiger partial charge in [-0.15, -0.1) is 0 Å². The lowest BCUT2D eigenvalue weighted by atomic mass is 9.99. The second-order valence-electron chi connectivity index (χ2n) is 4.66. The van der Waals surface area contributed by atoms with Crippen LogP contribution in [0.15, 0.2) is 36.5 Å². The fourth-order valence-corrected chi connectivity index (χ4v) is 2.09. The van der Waals surface area contributed by atoms with Crippen molar-refractivity contribution in [3.05, 3.63) is 64.5 Å². The molecule has 1 atom stereocenters. The predicted molar refractivity (Wildman–Crippen MR) is 70.9 cm³/mol. The molecule has 0 amide bonds. The first kappa shape index (κ1) is 11.8. The maximum atomic E-state index is 6.26. The summed E-state index contributed by atoms with van der Waals surface area (Å²) < 4.78 is 0. The third kappa shape index (κ3) is 2.71. The number of aromatic nitrogens is 1. The van der Waals surface area contributed by atoms with Gasteiger partial charge in [0.2, 0.25) is 0 Å². The quantitative estimate of drug-likeness (QED) is 0.854. The Bertz CT molecular complexity index is 512. The van der Waals surface area contributed by atoms with E-state index in [1.807, 2.05) is 18.3 Å². The highest BCUT2D eigenvalue weighted by atomic mass is 14.8. The molecule has 0 saturated heterocycles. The zero-order valence-electron chi connectivity index (χ0n) is 10.6. The molecular weight excluding hydrogens is 208 g/mol. The molecule has 0 saturated carbocycles. The molecule has 0 fully saturated rings.